The molecule has 110 valence electrons. The van der Waals surface area contributed by atoms with Crippen LogP contribution in [0.4, 0.5) is 5.69 Å². The van der Waals surface area contributed by atoms with E-state index in [1.54, 1.807) is 17.9 Å². The molecule has 0 unspecified atom stereocenters. The van der Waals surface area contributed by atoms with E-state index < -0.39 is 10.0 Å². The SMILES string of the molecule is CCc1nn(C)cc1NS(=O)(=O)c1cnn(CCO)c1. The van der Waals surface area contributed by atoms with Crippen molar-refractivity contribution in [2.75, 3.05) is 11.3 Å². The molecule has 0 amide bonds. The lowest BCUT2D eigenvalue weighted by Gasteiger charge is -2.04. The van der Waals surface area contributed by atoms with Crippen LogP contribution >= 0.6 is 0 Å². The summed E-state index contributed by atoms with van der Waals surface area (Å²) in [6.07, 6.45) is 4.87. The molecule has 0 aliphatic heterocycles. The van der Waals surface area contributed by atoms with E-state index in [4.69, 9.17) is 5.11 Å². The molecule has 0 bridgehead atoms. The molecule has 0 aliphatic carbocycles. The van der Waals surface area contributed by atoms with Gasteiger partial charge in [0, 0.05) is 19.4 Å². The monoisotopic (exact) mass is 299 g/mol. The van der Waals surface area contributed by atoms with Crippen molar-refractivity contribution in [3.63, 3.8) is 0 Å². The van der Waals surface area contributed by atoms with Gasteiger partial charge < -0.3 is 5.11 Å². The zero-order valence-corrected chi connectivity index (χ0v) is 12.1. The number of hydrogen-bond donors (Lipinski definition) is 2. The summed E-state index contributed by atoms with van der Waals surface area (Å²) in [4.78, 5) is 0.0526. The molecule has 0 aliphatic rings. The van der Waals surface area contributed by atoms with Gasteiger partial charge in [0.1, 0.15) is 4.90 Å². The Morgan fingerprint density at radius 1 is 1.40 bits per heavy atom. The number of aliphatic hydroxyl groups is 1. The Bertz CT molecular complexity index is 689. The standard InChI is InChI=1S/C11H17N5O3S/c1-3-10-11(8-15(2)13-10)14-20(18,19)9-6-12-16(7-9)4-5-17/h6-8,14,17H,3-5H2,1-2H3. The summed E-state index contributed by atoms with van der Waals surface area (Å²) in [6.45, 7) is 2.05. The number of aromatic nitrogens is 4. The van der Waals surface area contributed by atoms with Crippen LogP contribution in [-0.2, 0) is 30.0 Å². The van der Waals surface area contributed by atoms with Crippen molar-refractivity contribution in [1.29, 1.82) is 0 Å². The van der Waals surface area contributed by atoms with Crippen molar-refractivity contribution in [2.24, 2.45) is 7.05 Å². The van der Waals surface area contributed by atoms with Crippen molar-refractivity contribution in [1.82, 2.24) is 19.6 Å². The third kappa shape index (κ3) is 2.99. The lowest BCUT2D eigenvalue weighted by Crippen LogP contribution is -2.13. The fourth-order valence-electron chi connectivity index (χ4n) is 1.79. The highest BCUT2D eigenvalue weighted by molar-refractivity contribution is 7.92. The number of anilines is 1. The smallest absolute Gasteiger partial charge is 0.265 e. The number of rotatable bonds is 6. The highest BCUT2D eigenvalue weighted by atomic mass is 32.2. The van der Waals surface area contributed by atoms with Crippen LogP contribution in [0.2, 0.25) is 0 Å². The number of aryl methyl sites for hydroxylation is 2. The fraction of sp³-hybridized carbons (Fsp3) is 0.455. The number of hydrogen-bond acceptors (Lipinski definition) is 5. The lowest BCUT2D eigenvalue weighted by molar-refractivity contribution is 0.269. The molecule has 8 nitrogen and oxygen atoms in total. The van der Waals surface area contributed by atoms with Crippen LogP contribution < -0.4 is 4.72 Å². The van der Waals surface area contributed by atoms with E-state index in [1.165, 1.54) is 17.1 Å². The molecular weight excluding hydrogens is 282 g/mol. The van der Waals surface area contributed by atoms with E-state index in [9.17, 15) is 8.42 Å². The average Bonchev–Trinajstić information content (AvgIpc) is 2.96. The maximum Gasteiger partial charge on any atom is 0.265 e. The van der Waals surface area contributed by atoms with Gasteiger partial charge in [0.05, 0.1) is 30.7 Å². The van der Waals surface area contributed by atoms with E-state index in [0.717, 1.165) is 0 Å². The Morgan fingerprint density at radius 3 is 2.80 bits per heavy atom. The van der Waals surface area contributed by atoms with Crippen molar-refractivity contribution in [2.45, 2.75) is 24.8 Å². The highest BCUT2D eigenvalue weighted by Crippen LogP contribution is 2.19. The molecule has 0 spiro atoms. The zero-order valence-electron chi connectivity index (χ0n) is 11.3. The van der Waals surface area contributed by atoms with Gasteiger partial charge in [-0.05, 0) is 6.42 Å². The summed E-state index contributed by atoms with van der Waals surface area (Å²) >= 11 is 0. The Balaban J connectivity index is 2.25. The van der Waals surface area contributed by atoms with Gasteiger partial charge in [-0.15, -0.1) is 0 Å². The van der Waals surface area contributed by atoms with Crippen molar-refractivity contribution in [3.8, 4) is 0 Å². The third-order valence-corrected chi connectivity index (χ3v) is 4.05. The summed E-state index contributed by atoms with van der Waals surface area (Å²) in [6, 6.07) is 0. The predicted molar refractivity (Wildman–Crippen MR) is 72.7 cm³/mol. The molecule has 0 aromatic carbocycles. The first-order chi connectivity index (χ1) is 9.46. The fourth-order valence-corrected chi connectivity index (χ4v) is 2.82. The van der Waals surface area contributed by atoms with E-state index >= 15 is 0 Å². The van der Waals surface area contributed by atoms with Crippen molar-refractivity contribution < 1.29 is 13.5 Å². The Morgan fingerprint density at radius 2 is 2.15 bits per heavy atom. The maximum atomic E-state index is 12.2. The summed E-state index contributed by atoms with van der Waals surface area (Å²) in [5, 5.41) is 16.9. The first kappa shape index (κ1) is 14.5. The minimum Gasteiger partial charge on any atom is -0.394 e. The zero-order chi connectivity index (χ0) is 14.8. The Kier molecular flexibility index (Phi) is 4.09. The molecule has 0 saturated heterocycles. The van der Waals surface area contributed by atoms with Gasteiger partial charge in [0.2, 0.25) is 0 Å². The number of nitrogens with one attached hydrogen (secondary N) is 1. The van der Waals surface area contributed by atoms with E-state index in [2.05, 4.69) is 14.9 Å². The molecule has 2 aromatic rings. The van der Waals surface area contributed by atoms with Crippen LogP contribution in [0.15, 0.2) is 23.5 Å². The van der Waals surface area contributed by atoms with Gasteiger partial charge in [0.25, 0.3) is 10.0 Å². The van der Waals surface area contributed by atoms with Crippen LogP contribution in [0.25, 0.3) is 0 Å². The van der Waals surface area contributed by atoms with Crippen LogP contribution in [0.5, 0.6) is 0 Å². The first-order valence-electron chi connectivity index (χ1n) is 6.15. The third-order valence-electron chi connectivity index (χ3n) is 2.73. The topological polar surface area (TPSA) is 102 Å². The quantitative estimate of drug-likeness (QED) is 0.780. The van der Waals surface area contributed by atoms with Crippen LogP contribution in [-0.4, -0.2) is 39.7 Å². The molecule has 20 heavy (non-hydrogen) atoms. The first-order valence-corrected chi connectivity index (χ1v) is 7.63. The molecule has 9 heteroatoms. The largest absolute Gasteiger partial charge is 0.394 e. The molecular formula is C11H17N5O3S. The van der Waals surface area contributed by atoms with Crippen LogP contribution in [0.3, 0.4) is 0 Å². The van der Waals surface area contributed by atoms with Crippen LogP contribution in [0, 0.1) is 0 Å². The Labute approximate surface area is 117 Å². The molecule has 0 atom stereocenters. The lowest BCUT2D eigenvalue weighted by atomic mass is 10.3. The normalized spacial score (nSPS) is 11.8. The maximum absolute atomic E-state index is 12.2. The molecule has 2 aromatic heterocycles. The number of aliphatic hydroxyl groups excluding tert-OH is 1. The second-order valence-electron chi connectivity index (χ2n) is 4.28. The molecule has 2 rings (SSSR count). The molecule has 0 saturated carbocycles. The summed E-state index contributed by atoms with van der Waals surface area (Å²) in [5.41, 5.74) is 1.14. The number of nitrogens with zero attached hydrogens (tertiary/aromatic N) is 4. The van der Waals surface area contributed by atoms with Gasteiger partial charge in [0.15, 0.2) is 0 Å². The van der Waals surface area contributed by atoms with Crippen LogP contribution in [0.1, 0.15) is 12.6 Å². The summed E-state index contributed by atoms with van der Waals surface area (Å²) in [5.74, 6) is 0. The van der Waals surface area contributed by atoms with E-state index in [0.29, 0.717) is 17.8 Å². The van der Waals surface area contributed by atoms with Crippen molar-refractivity contribution in [3.05, 3.63) is 24.3 Å². The number of sulfonamides is 1. The minimum atomic E-state index is -3.70. The molecule has 2 N–H and O–H groups in total. The van der Waals surface area contributed by atoms with E-state index in [-0.39, 0.29) is 18.0 Å². The van der Waals surface area contributed by atoms with Gasteiger partial charge in [-0.2, -0.15) is 10.2 Å². The van der Waals surface area contributed by atoms with E-state index in [1.807, 2.05) is 6.92 Å². The molecule has 0 fully saturated rings. The molecule has 2 heterocycles. The van der Waals surface area contributed by atoms with Gasteiger partial charge in [-0.25, -0.2) is 8.42 Å². The van der Waals surface area contributed by atoms with Gasteiger partial charge in [-0.1, -0.05) is 6.92 Å². The van der Waals surface area contributed by atoms with Gasteiger partial charge >= 0.3 is 0 Å². The predicted octanol–water partition coefficient (Wildman–Crippen LogP) is -0.0279. The summed E-state index contributed by atoms with van der Waals surface area (Å²) in [7, 11) is -1.97. The summed E-state index contributed by atoms with van der Waals surface area (Å²) < 4.78 is 29.9. The second-order valence-corrected chi connectivity index (χ2v) is 5.97. The second kappa shape index (κ2) is 5.63. The highest BCUT2D eigenvalue weighted by Gasteiger charge is 2.19. The minimum absolute atomic E-state index is 0.0526. The Hall–Kier alpha value is -1.87. The molecule has 0 radical (unpaired) electrons. The average molecular weight is 299 g/mol. The van der Waals surface area contributed by atoms with Gasteiger partial charge in [-0.3, -0.25) is 14.1 Å². The van der Waals surface area contributed by atoms with Crippen molar-refractivity contribution >= 4 is 15.7 Å².